The Labute approximate surface area is 121 Å². The van der Waals surface area contributed by atoms with Crippen LogP contribution in [0.2, 0.25) is 0 Å². The Hall–Kier alpha value is -0.850. The molecule has 0 spiro atoms. The van der Waals surface area contributed by atoms with Crippen LogP contribution in [-0.2, 0) is 0 Å². The molecule has 102 valence electrons. The van der Waals surface area contributed by atoms with Gasteiger partial charge in [-0.2, -0.15) is 0 Å². The molecule has 1 heterocycles. The van der Waals surface area contributed by atoms with Crippen molar-refractivity contribution in [3.05, 3.63) is 55.9 Å². The average molecular weight is 350 g/mol. The van der Waals surface area contributed by atoms with Crippen molar-refractivity contribution >= 4 is 27.3 Å². The number of halogens is 4. The number of thiophene rings is 1. The largest absolute Gasteiger partial charge is 0.306 e. The molecule has 1 N–H and O–H groups in total. The van der Waals surface area contributed by atoms with Gasteiger partial charge in [-0.25, -0.2) is 13.2 Å². The first-order valence-electron chi connectivity index (χ1n) is 5.65. The zero-order valence-corrected chi connectivity index (χ0v) is 12.4. The van der Waals surface area contributed by atoms with Gasteiger partial charge in [0.2, 0.25) is 0 Å². The van der Waals surface area contributed by atoms with E-state index in [1.54, 1.807) is 0 Å². The molecule has 2 aromatic rings. The highest BCUT2D eigenvalue weighted by molar-refractivity contribution is 9.10. The Kier molecular flexibility index (Phi) is 4.65. The van der Waals surface area contributed by atoms with Gasteiger partial charge in [0.25, 0.3) is 0 Å². The van der Waals surface area contributed by atoms with Crippen molar-refractivity contribution in [1.29, 1.82) is 0 Å². The zero-order chi connectivity index (χ0) is 14.0. The van der Waals surface area contributed by atoms with Gasteiger partial charge in [0.1, 0.15) is 0 Å². The molecule has 1 unspecified atom stereocenters. The summed E-state index contributed by atoms with van der Waals surface area (Å²) in [5, 5.41) is 5.02. The van der Waals surface area contributed by atoms with Crippen LogP contribution in [-0.4, -0.2) is 6.54 Å². The molecule has 0 aliphatic carbocycles. The molecule has 0 aliphatic heterocycles. The minimum Gasteiger partial charge on any atom is -0.306 e. The topological polar surface area (TPSA) is 12.0 Å². The standard InChI is InChI=1S/C13H11BrF3NS/c1-2-18-12(13-8(14)3-4-19-13)7-5-9(15)11(17)10(16)6-7/h3-6,12,18H,2H2,1H3. The van der Waals surface area contributed by atoms with Crippen molar-refractivity contribution in [2.24, 2.45) is 0 Å². The Morgan fingerprint density at radius 2 is 1.89 bits per heavy atom. The molecule has 1 nitrogen and oxygen atoms in total. The quantitative estimate of drug-likeness (QED) is 0.793. The van der Waals surface area contributed by atoms with Crippen molar-refractivity contribution in [1.82, 2.24) is 5.32 Å². The minimum atomic E-state index is -1.44. The smallest absolute Gasteiger partial charge is 0.194 e. The summed E-state index contributed by atoms with van der Waals surface area (Å²) in [4.78, 5) is 0.896. The van der Waals surface area contributed by atoms with E-state index in [0.717, 1.165) is 21.5 Å². The van der Waals surface area contributed by atoms with Crippen LogP contribution in [0.4, 0.5) is 13.2 Å². The van der Waals surface area contributed by atoms with Crippen LogP contribution in [0, 0.1) is 17.5 Å². The second-order valence-electron chi connectivity index (χ2n) is 3.92. The summed E-state index contributed by atoms with van der Waals surface area (Å²) >= 11 is 4.85. The summed E-state index contributed by atoms with van der Waals surface area (Å²) in [6.45, 7) is 2.51. The van der Waals surface area contributed by atoms with Crippen molar-refractivity contribution in [3.8, 4) is 0 Å². The maximum atomic E-state index is 13.3. The van der Waals surface area contributed by atoms with E-state index in [-0.39, 0.29) is 6.04 Å². The van der Waals surface area contributed by atoms with Gasteiger partial charge in [0, 0.05) is 9.35 Å². The van der Waals surface area contributed by atoms with Crippen LogP contribution < -0.4 is 5.32 Å². The molecule has 1 aromatic carbocycles. The molecule has 0 saturated carbocycles. The number of hydrogen-bond donors (Lipinski definition) is 1. The Morgan fingerprint density at radius 3 is 2.37 bits per heavy atom. The molecule has 0 fully saturated rings. The maximum absolute atomic E-state index is 13.3. The maximum Gasteiger partial charge on any atom is 0.194 e. The van der Waals surface area contributed by atoms with Crippen LogP contribution >= 0.6 is 27.3 Å². The van der Waals surface area contributed by atoms with Crippen LogP contribution in [0.5, 0.6) is 0 Å². The van der Waals surface area contributed by atoms with Crippen LogP contribution in [0.25, 0.3) is 0 Å². The molecular formula is C13H11BrF3NS. The van der Waals surface area contributed by atoms with Gasteiger partial charge in [-0.05, 0) is 51.6 Å². The van der Waals surface area contributed by atoms with Crippen LogP contribution in [0.15, 0.2) is 28.1 Å². The van der Waals surface area contributed by atoms with Crippen molar-refractivity contribution in [2.45, 2.75) is 13.0 Å². The van der Waals surface area contributed by atoms with Gasteiger partial charge in [0.05, 0.1) is 6.04 Å². The fourth-order valence-corrected chi connectivity index (χ4v) is 3.52. The van der Waals surface area contributed by atoms with Crippen molar-refractivity contribution < 1.29 is 13.2 Å². The lowest BCUT2D eigenvalue weighted by Crippen LogP contribution is -2.22. The summed E-state index contributed by atoms with van der Waals surface area (Å²) < 4.78 is 40.5. The Bertz CT molecular complexity index is 562. The SMILES string of the molecule is CCNC(c1cc(F)c(F)c(F)c1)c1sccc1Br. The van der Waals surface area contributed by atoms with E-state index in [2.05, 4.69) is 21.2 Å². The lowest BCUT2D eigenvalue weighted by atomic mass is 10.0. The van der Waals surface area contributed by atoms with E-state index in [4.69, 9.17) is 0 Å². The lowest BCUT2D eigenvalue weighted by Gasteiger charge is -2.18. The van der Waals surface area contributed by atoms with Gasteiger partial charge in [-0.1, -0.05) is 6.92 Å². The van der Waals surface area contributed by atoms with Gasteiger partial charge in [-0.15, -0.1) is 11.3 Å². The third-order valence-corrected chi connectivity index (χ3v) is 4.59. The van der Waals surface area contributed by atoms with Gasteiger partial charge < -0.3 is 5.32 Å². The highest BCUT2D eigenvalue weighted by Gasteiger charge is 2.21. The van der Waals surface area contributed by atoms with E-state index < -0.39 is 17.5 Å². The van der Waals surface area contributed by atoms with E-state index in [9.17, 15) is 13.2 Å². The molecular weight excluding hydrogens is 339 g/mol. The third kappa shape index (κ3) is 3.01. The fraction of sp³-hybridized carbons (Fsp3) is 0.231. The Balaban J connectivity index is 2.48. The first kappa shape index (κ1) is 14.6. The highest BCUT2D eigenvalue weighted by atomic mass is 79.9. The lowest BCUT2D eigenvalue weighted by molar-refractivity contribution is 0.443. The number of hydrogen-bond acceptors (Lipinski definition) is 2. The summed E-state index contributed by atoms with van der Waals surface area (Å²) in [5.74, 6) is -3.79. The fourth-order valence-electron chi connectivity index (χ4n) is 1.82. The summed E-state index contributed by atoms with van der Waals surface area (Å²) in [6, 6.07) is 3.54. The van der Waals surface area contributed by atoms with Crippen LogP contribution in [0.1, 0.15) is 23.4 Å². The molecule has 1 atom stereocenters. The number of nitrogens with one attached hydrogen (secondary N) is 1. The van der Waals surface area contributed by atoms with Gasteiger partial charge in [0.15, 0.2) is 17.5 Å². The first-order chi connectivity index (χ1) is 9.04. The molecule has 19 heavy (non-hydrogen) atoms. The molecule has 0 radical (unpaired) electrons. The Morgan fingerprint density at radius 1 is 1.26 bits per heavy atom. The zero-order valence-electron chi connectivity index (χ0n) is 10.0. The van der Waals surface area contributed by atoms with E-state index in [1.807, 2.05) is 18.4 Å². The van der Waals surface area contributed by atoms with Crippen LogP contribution in [0.3, 0.4) is 0 Å². The number of rotatable bonds is 4. The normalized spacial score (nSPS) is 12.7. The summed E-state index contributed by atoms with van der Waals surface area (Å²) in [6.07, 6.45) is 0. The average Bonchev–Trinajstić information content (AvgIpc) is 2.78. The van der Waals surface area contributed by atoms with E-state index in [1.165, 1.54) is 11.3 Å². The van der Waals surface area contributed by atoms with Crippen molar-refractivity contribution in [3.63, 3.8) is 0 Å². The van der Waals surface area contributed by atoms with Gasteiger partial charge in [-0.3, -0.25) is 0 Å². The predicted octanol–water partition coefficient (Wildman–Crippen LogP) is 4.63. The van der Waals surface area contributed by atoms with E-state index in [0.29, 0.717) is 12.1 Å². The molecule has 6 heteroatoms. The second kappa shape index (κ2) is 6.07. The third-order valence-electron chi connectivity index (χ3n) is 2.65. The summed E-state index contributed by atoms with van der Waals surface area (Å²) in [7, 11) is 0. The highest BCUT2D eigenvalue weighted by Crippen LogP contribution is 2.34. The number of benzene rings is 1. The first-order valence-corrected chi connectivity index (χ1v) is 7.32. The summed E-state index contributed by atoms with van der Waals surface area (Å²) in [5.41, 5.74) is 0.362. The minimum absolute atomic E-state index is 0.362. The monoisotopic (exact) mass is 349 g/mol. The molecule has 0 aliphatic rings. The molecule has 2 rings (SSSR count). The van der Waals surface area contributed by atoms with E-state index >= 15 is 0 Å². The second-order valence-corrected chi connectivity index (χ2v) is 5.72. The van der Waals surface area contributed by atoms with Crippen molar-refractivity contribution in [2.75, 3.05) is 6.54 Å². The predicted molar refractivity (Wildman–Crippen MR) is 73.9 cm³/mol. The van der Waals surface area contributed by atoms with Gasteiger partial charge >= 0.3 is 0 Å². The molecule has 0 saturated heterocycles. The molecule has 0 bridgehead atoms. The molecule has 1 aromatic heterocycles. The molecule has 0 amide bonds.